The molecular formula is C25H38N4O7. The predicted octanol–water partition coefficient (Wildman–Crippen LogP) is 1.72. The van der Waals surface area contributed by atoms with Crippen molar-refractivity contribution in [3.8, 4) is 0 Å². The summed E-state index contributed by atoms with van der Waals surface area (Å²) in [7, 11) is 0. The molecule has 0 saturated heterocycles. The predicted molar refractivity (Wildman–Crippen MR) is 133 cm³/mol. The van der Waals surface area contributed by atoms with Gasteiger partial charge in [0.25, 0.3) is 0 Å². The van der Waals surface area contributed by atoms with Crippen LogP contribution in [0.1, 0.15) is 64.6 Å². The van der Waals surface area contributed by atoms with E-state index < -0.39 is 53.9 Å². The summed E-state index contributed by atoms with van der Waals surface area (Å²) in [6, 6.07) is 4.60. The Morgan fingerprint density at radius 1 is 1.08 bits per heavy atom. The molecule has 0 bridgehead atoms. The minimum absolute atomic E-state index is 0.00661. The van der Waals surface area contributed by atoms with E-state index in [9.17, 15) is 24.0 Å². The first-order valence-corrected chi connectivity index (χ1v) is 11.9. The Bertz CT molecular complexity index is 943. The van der Waals surface area contributed by atoms with Gasteiger partial charge < -0.3 is 30.7 Å². The van der Waals surface area contributed by atoms with Crippen molar-refractivity contribution in [3.63, 3.8) is 0 Å². The van der Waals surface area contributed by atoms with Gasteiger partial charge >= 0.3 is 12.1 Å². The van der Waals surface area contributed by atoms with Gasteiger partial charge in [0.15, 0.2) is 0 Å². The van der Waals surface area contributed by atoms with Crippen molar-refractivity contribution in [2.75, 3.05) is 19.7 Å². The van der Waals surface area contributed by atoms with Crippen LogP contribution in [-0.2, 0) is 28.7 Å². The summed E-state index contributed by atoms with van der Waals surface area (Å²) >= 11 is 0. The number of nitrogens with zero attached hydrogens (tertiary/aromatic N) is 1. The number of alkyl carbamates (subject to hydrolysis) is 1. The quantitative estimate of drug-likeness (QED) is 0.364. The van der Waals surface area contributed by atoms with Crippen molar-refractivity contribution in [1.82, 2.24) is 15.5 Å². The highest BCUT2D eigenvalue weighted by Crippen LogP contribution is 2.25. The number of likely N-dealkylation sites (N-methyl/N-ethyl adjacent to an activating group) is 1. The van der Waals surface area contributed by atoms with Crippen LogP contribution in [0.4, 0.5) is 4.79 Å². The van der Waals surface area contributed by atoms with Crippen LogP contribution < -0.4 is 16.4 Å². The van der Waals surface area contributed by atoms with E-state index in [2.05, 4.69) is 10.6 Å². The maximum Gasteiger partial charge on any atom is 0.408 e. The Hall–Kier alpha value is -3.63. The molecule has 200 valence electrons. The SMILES string of the molecule is CCOC(=O)CCNC(=O)C(c1ccccc1C)N(CC)C(=O)C(CC(N)=O)NC(=O)OC(C)(C)C. The summed E-state index contributed by atoms with van der Waals surface area (Å²) in [6.45, 7) is 10.4. The lowest BCUT2D eigenvalue weighted by Gasteiger charge is -2.34. The van der Waals surface area contributed by atoms with Gasteiger partial charge in [-0.15, -0.1) is 0 Å². The van der Waals surface area contributed by atoms with Crippen LogP contribution in [-0.4, -0.2) is 66.0 Å². The van der Waals surface area contributed by atoms with Crippen molar-refractivity contribution in [3.05, 3.63) is 35.4 Å². The molecule has 36 heavy (non-hydrogen) atoms. The van der Waals surface area contributed by atoms with E-state index >= 15 is 0 Å². The van der Waals surface area contributed by atoms with Crippen molar-refractivity contribution in [2.45, 2.75) is 72.1 Å². The second kappa shape index (κ2) is 14.1. The summed E-state index contributed by atoms with van der Waals surface area (Å²) in [5.41, 5.74) is 5.81. The van der Waals surface area contributed by atoms with Gasteiger partial charge in [0.2, 0.25) is 17.7 Å². The molecule has 1 aromatic carbocycles. The van der Waals surface area contributed by atoms with Gasteiger partial charge in [-0.25, -0.2) is 4.79 Å². The number of ether oxygens (including phenoxy) is 2. The fourth-order valence-corrected chi connectivity index (χ4v) is 3.48. The fourth-order valence-electron chi connectivity index (χ4n) is 3.48. The van der Waals surface area contributed by atoms with E-state index in [1.54, 1.807) is 65.8 Å². The van der Waals surface area contributed by atoms with Crippen LogP contribution in [0, 0.1) is 6.92 Å². The normalized spacial score (nSPS) is 12.6. The molecule has 0 saturated carbocycles. The van der Waals surface area contributed by atoms with E-state index in [1.165, 1.54) is 4.90 Å². The van der Waals surface area contributed by atoms with Crippen LogP contribution in [0.15, 0.2) is 24.3 Å². The highest BCUT2D eigenvalue weighted by atomic mass is 16.6. The molecule has 0 aromatic heterocycles. The third-order valence-corrected chi connectivity index (χ3v) is 4.99. The van der Waals surface area contributed by atoms with Crippen molar-refractivity contribution < 1.29 is 33.4 Å². The molecule has 2 atom stereocenters. The second-order valence-electron chi connectivity index (χ2n) is 9.10. The molecule has 4 N–H and O–H groups in total. The number of nitrogens with one attached hydrogen (secondary N) is 2. The highest BCUT2D eigenvalue weighted by molar-refractivity contribution is 5.94. The minimum Gasteiger partial charge on any atom is -0.466 e. The van der Waals surface area contributed by atoms with E-state index in [0.29, 0.717) is 5.56 Å². The number of hydrogen-bond acceptors (Lipinski definition) is 7. The zero-order valence-corrected chi connectivity index (χ0v) is 21.9. The number of hydrogen-bond donors (Lipinski definition) is 3. The Labute approximate surface area is 212 Å². The molecule has 1 rings (SSSR count). The van der Waals surface area contributed by atoms with Gasteiger partial charge in [0.05, 0.1) is 19.4 Å². The van der Waals surface area contributed by atoms with Crippen LogP contribution in [0.5, 0.6) is 0 Å². The molecule has 0 radical (unpaired) electrons. The molecule has 0 aliphatic heterocycles. The Kier molecular flexibility index (Phi) is 11.9. The monoisotopic (exact) mass is 506 g/mol. The van der Waals surface area contributed by atoms with Gasteiger partial charge in [-0.1, -0.05) is 24.3 Å². The summed E-state index contributed by atoms with van der Waals surface area (Å²) in [5.74, 6) is -2.49. The zero-order valence-electron chi connectivity index (χ0n) is 21.9. The zero-order chi connectivity index (χ0) is 27.5. The number of esters is 1. The molecule has 2 unspecified atom stereocenters. The van der Waals surface area contributed by atoms with Gasteiger partial charge in [-0.3, -0.25) is 19.2 Å². The number of aryl methyl sites for hydroxylation is 1. The molecule has 0 aliphatic rings. The van der Waals surface area contributed by atoms with Crippen LogP contribution >= 0.6 is 0 Å². The second-order valence-corrected chi connectivity index (χ2v) is 9.10. The highest BCUT2D eigenvalue weighted by Gasteiger charge is 2.36. The number of carbonyl (C=O) groups is 5. The molecule has 11 heteroatoms. The largest absolute Gasteiger partial charge is 0.466 e. The van der Waals surface area contributed by atoms with Crippen molar-refractivity contribution in [1.29, 1.82) is 0 Å². The average Bonchev–Trinajstić information content (AvgIpc) is 2.75. The molecule has 0 aliphatic carbocycles. The topological polar surface area (TPSA) is 157 Å². The number of carbonyl (C=O) groups excluding carboxylic acids is 5. The minimum atomic E-state index is -1.35. The third kappa shape index (κ3) is 9.93. The first kappa shape index (κ1) is 30.4. The molecule has 11 nitrogen and oxygen atoms in total. The van der Waals surface area contributed by atoms with E-state index in [4.69, 9.17) is 15.2 Å². The number of rotatable bonds is 12. The van der Waals surface area contributed by atoms with E-state index in [1.807, 2.05) is 0 Å². The average molecular weight is 507 g/mol. The van der Waals surface area contributed by atoms with Crippen molar-refractivity contribution >= 4 is 29.8 Å². The Balaban J connectivity index is 3.29. The molecule has 1 aromatic rings. The molecule has 4 amide bonds. The van der Waals surface area contributed by atoms with Gasteiger partial charge in [0, 0.05) is 13.1 Å². The van der Waals surface area contributed by atoms with Crippen molar-refractivity contribution in [2.24, 2.45) is 5.73 Å². The Morgan fingerprint density at radius 3 is 2.25 bits per heavy atom. The third-order valence-electron chi connectivity index (χ3n) is 4.99. The van der Waals surface area contributed by atoms with Crippen LogP contribution in [0.3, 0.4) is 0 Å². The van der Waals surface area contributed by atoms with Crippen LogP contribution in [0.2, 0.25) is 0 Å². The Morgan fingerprint density at radius 2 is 1.72 bits per heavy atom. The first-order chi connectivity index (χ1) is 16.8. The van der Waals surface area contributed by atoms with Gasteiger partial charge in [-0.2, -0.15) is 0 Å². The maximum atomic E-state index is 13.6. The number of benzene rings is 1. The first-order valence-electron chi connectivity index (χ1n) is 11.9. The fraction of sp³-hybridized carbons (Fsp3) is 0.560. The smallest absolute Gasteiger partial charge is 0.408 e. The molecule has 0 fully saturated rings. The number of amides is 4. The lowest BCUT2D eigenvalue weighted by molar-refractivity contribution is -0.144. The van der Waals surface area contributed by atoms with Gasteiger partial charge in [-0.05, 0) is 52.7 Å². The lowest BCUT2D eigenvalue weighted by Crippen LogP contribution is -2.54. The van der Waals surface area contributed by atoms with E-state index in [0.717, 1.165) is 5.56 Å². The summed E-state index contributed by atoms with van der Waals surface area (Å²) in [5, 5.41) is 5.09. The summed E-state index contributed by atoms with van der Waals surface area (Å²) < 4.78 is 10.1. The number of nitrogens with two attached hydrogens (primary N) is 1. The van der Waals surface area contributed by atoms with Crippen LogP contribution in [0.25, 0.3) is 0 Å². The molecule has 0 heterocycles. The van der Waals surface area contributed by atoms with E-state index in [-0.39, 0.29) is 26.1 Å². The summed E-state index contributed by atoms with van der Waals surface area (Å²) in [4.78, 5) is 64.0. The summed E-state index contributed by atoms with van der Waals surface area (Å²) in [6.07, 6.45) is -1.42. The number of primary amides is 1. The molecule has 0 spiro atoms. The maximum absolute atomic E-state index is 13.6. The van der Waals surface area contributed by atoms with Gasteiger partial charge in [0.1, 0.15) is 17.7 Å². The lowest BCUT2D eigenvalue weighted by atomic mass is 9.98. The molecular weight excluding hydrogens is 468 g/mol. The standard InChI is InChI=1S/C25H38N4O7/c1-7-29(23(33)18(15-19(26)30)28-24(34)36-25(4,5)6)21(17-12-10-9-11-16(17)3)22(32)27-14-13-20(31)35-8-2/h9-12,18,21H,7-8,13-15H2,1-6H3,(H2,26,30)(H,27,32)(H,28,34).